The first-order valence-corrected chi connectivity index (χ1v) is 13.2. The molecule has 2 amide bonds. The van der Waals surface area contributed by atoms with Gasteiger partial charge in [-0.3, -0.25) is 19.2 Å². The molecule has 200 valence electrons. The fraction of sp³-hybridized carbons (Fsp3) is 0.600. The third-order valence-corrected chi connectivity index (χ3v) is 7.23. The van der Waals surface area contributed by atoms with E-state index in [0.29, 0.717) is 61.1 Å². The third kappa shape index (κ3) is 6.78. The average molecular weight is 533 g/mol. The van der Waals surface area contributed by atoms with E-state index in [1.165, 1.54) is 0 Å². The van der Waals surface area contributed by atoms with Gasteiger partial charge in [0.05, 0.1) is 49.8 Å². The summed E-state index contributed by atoms with van der Waals surface area (Å²) in [5.41, 5.74) is 1.14. The second kappa shape index (κ2) is 12.2. The molecule has 0 radical (unpaired) electrons. The summed E-state index contributed by atoms with van der Waals surface area (Å²) in [5, 5.41) is 11.9. The second-order valence-electron chi connectivity index (χ2n) is 9.61. The predicted octanol–water partition coefficient (Wildman–Crippen LogP) is 1.35. The number of aryl methyl sites for hydroxylation is 1. The summed E-state index contributed by atoms with van der Waals surface area (Å²) in [6, 6.07) is 4.61. The molecule has 2 fully saturated rings. The van der Waals surface area contributed by atoms with E-state index in [1.807, 2.05) is 6.20 Å². The van der Waals surface area contributed by atoms with Gasteiger partial charge >= 0.3 is 0 Å². The van der Waals surface area contributed by atoms with Gasteiger partial charge in [0.1, 0.15) is 11.4 Å². The fourth-order valence-corrected chi connectivity index (χ4v) is 5.02. The van der Waals surface area contributed by atoms with Crippen LogP contribution in [-0.4, -0.2) is 101 Å². The van der Waals surface area contributed by atoms with Crippen LogP contribution in [0.15, 0.2) is 24.4 Å². The number of nitrogens with zero attached hydrogens (tertiary/aromatic N) is 5. The Morgan fingerprint density at radius 3 is 2.89 bits per heavy atom. The number of fused-ring (bicyclic) bond motifs is 5. The van der Waals surface area contributed by atoms with Gasteiger partial charge in [-0.15, -0.1) is 5.10 Å². The molecule has 4 bridgehead atoms. The van der Waals surface area contributed by atoms with E-state index in [9.17, 15) is 9.59 Å². The van der Waals surface area contributed by atoms with Gasteiger partial charge < -0.3 is 24.4 Å². The lowest BCUT2D eigenvalue weighted by atomic mass is 10.1. The predicted molar refractivity (Wildman–Crippen MR) is 134 cm³/mol. The molecule has 0 aliphatic carbocycles. The number of aromatic nitrogens is 3. The minimum Gasteiger partial charge on any atom is -0.492 e. The van der Waals surface area contributed by atoms with Crippen LogP contribution in [0.25, 0.3) is 0 Å². The normalized spacial score (nSPS) is 23.3. The number of hydrogen-bond acceptors (Lipinski definition) is 8. The Hall–Kier alpha value is -2.73. The molecule has 5 rings (SSSR count). The molecular weight excluding hydrogens is 500 g/mol. The largest absolute Gasteiger partial charge is 0.492 e. The average Bonchev–Trinajstić information content (AvgIpc) is 3.53. The summed E-state index contributed by atoms with van der Waals surface area (Å²) in [5.74, 6) is 0.259. The smallest absolute Gasteiger partial charge is 0.251 e. The molecule has 1 N–H and O–H groups in total. The molecule has 0 saturated carbocycles. The van der Waals surface area contributed by atoms with Crippen LogP contribution in [0.2, 0.25) is 5.02 Å². The Balaban J connectivity index is 1.26. The molecule has 3 aliphatic heterocycles. The van der Waals surface area contributed by atoms with Crippen molar-refractivity contribution < 1.29 is 23.8 Å². The Morgan fingerprint density at radius 1 is 1.16 bits per heavy atom. The zero-order chi connectivity index (χ0) is 25.6. The van der Waals surface area contributed by atoms with Crippen molar-refractivity contribution in [2.45, 2.75) is 44.6 Å². The number of carbonyl (C=O) groups excluding carboxylic acids is 2. The molecule has 0 unspecified atom stereocenters. The van der Waals surface area contributed by atoms with Crippen LogP contribution in [0.3, 0.4) is 0 Å². The van der Waals surface area contributed by atoms with Crippen LogP contribution in [0.1, 0.15) is 35.3 Å². The SMILES string of the molecule is O=C1N[C@H]2CN(C(=O)CCCN3CCOCC3)C[C@@H]2OCc2cn(nn2)CCCOc2cc1ccc2Cl. The highest BCUT2D eigenvalue weighted by molar-refractivity contribution is 6.32. The molecular formula is C25H33ClN6O5. The van der Waals surface area contributed by atoms with Crippen molar-refractivity contribution in [3.05, 3.63) is 40.7 Å². The quantitative estimate of drug-likeness (QED) is 0.628. The summed E-state index contributed by atoms with van der Waals surface area (Å²) in [7, 11) is 0. The molecule has 0 spiro atoms. The highest BCUT2D eigenvalue weighted by atomic mass is 35.5. The minimum atomic E-state index is -0.367. The maximum atomic E-state index is 13.1. The number of benzene rings is 1. The van der Waals surface area contributed by atoms with E-state index in [2.05, 4.69) is 20.5 Å². The Morgan fingerprint density at radius 2 is 2.03 bits per heavy atom. The van der Waals surface area contributed by atoms with Gasteiger partial charge in [0.15, 0.2) is 0 Å². The van der Waals surface area contributed by atoms with Crippen LogP contribution in [0.5, 0.6) is 5.75 Å². The summed E-state index contributed by atoms with van der Waals surface area (Å²) in [6.07, 6.45) is 3.42. The van der Waals surface area contributed by atoms with Crippen LogP contribution in [0.4, 0.5) is 0 Å². The Kier molecular flexibility index (Phi) is 8.55. The monoisotopic (exact) mass is 532 g/mol. The van der Waals surface area contributed by atoms with Crippen molar-refractivity contribution in [2.75, 3.05) is 52.5 Å². The lowest BCUT2D eigenvalue weighted by Crippen LogP contribution is -2.44. The molecule has 1 aromatic carbocycles. The van der Waals surface area contributed by atoms with Crippen LogP contribution >= 0.6 is 11.6 Å². The standard InChI is InChI=1S/C25H33ClN6O5/c26-20-5-4-18-13-22(20)36-10-2-7-32-14-19(28-29-32)17-37-23-16-31(15-21(23)27-25(18)34)24(33)3-1-6-30-8-11-35-12-9-30/h4-5,13-14,21,23H,1-3,6-12,15-17H2,(H,27,34)/t21-,23-/m0/s1. The van der Waals surface area contributed by atoms with E-state index >= 15 is 0 Å². The van der Waals surface area contributed by atoms with Gasteiger partial charge in [-0.25, -0.2) is 0 Å². The topological polar surface area (TPSA) is 111 Å². The summed E-state index contributed by atoms with van der Waals surface area (Å²) in [4.78, 5) is 30.3. The summed E-state index contributed by atoms with van der Waals surface area (Å²) in [6.45, 7) is 6.27. The van der Waals surface area contributed by atoms with Crippen LogP contribution in [-0.2, 0) is 27.4 Å². The lowest BCUT2D eigenvalue weighted by Gasteiger charge is -2.26. The molecule has 2 aromatic rings. The number of carbonyl (C=O) groups is 2. The van der Waals surface area contributed by atoms with Gasteiger partial charge in [-0.2, -0.15) is 0 Å². The maximum absolute atomic E-state index is 13.1. The number of halogens is 1. The summed E-state index contributed by atoms with van der Waals surface area (Å²) >= 11 is 6.29. The molecule has 37 heavy (non-hydrogen) atoms. The van der Waals surface area contributed by atoms with E-state index in [0.717, 1.165) is 39.3 Å². The molecule has 2 saturated heterocycles. The number of amides is 2. The van der Waals surface area contributed by atoms with Gasteiger partial charge in [0.25, 0.3) is 5.91 Å². The zero-order valence-corrected chi connectivity index (χ0v) is 21.6. The molecule has 1 aromatic heterocycles. The maximum Gasteiger partial charge on any atom is 0.251 e. The molecule has 11 nitrogen and oxygen atoms in total. The molecule has 2 atom stereocenters. The van der Waals surface area contributed by atoms with Crippen molar-refractivity contribution >= 4 is 23.4 Å². The van der Waals surface area contributed by atoms with Gasteiger partial charge in [0.2, 0.25) is 5.91 Å². The highest BCUT2D eigenvalue weighted by Gasteiger charge is 2.37. The number of hydrogen-bond donors (Lipinski definition) is 1. The van der Waals surface area contributed by atoms with Crippen molar-refractivity contribution in [1.29, 1.82) is 0 Å². The fourth-order valence-electron chi connectivity index (χ4n) is 4.84. The van der Waals surface area contributed by atoms with Crippen LogP contribution in [0, 0.1) is 0 Å². The number of rotatable bonds is 4. The number of morpholine rings is 1. The molecule has 12 heteroatoms. The molecule has 4 heterocycles. The van der Waals surface area contributed by atoms with Gasteiger partial charge in [-0.05, 0) is 31.2 Å². The van der Waals surface area contributed by atoms with Crippen LogP contribution < -0.4 is 10.1 Å². The molecule has 3 aliphatic rings. The van der Waals surface area contributed by atoms with E-state index in [4.69, 9.17) is 25.8 Å². The van der Waals surface area contributed by atoms with Crippen molar-refractivity contribution in [3.8, 4) is 5.75 Å². The Bertz CT molecular complexity index is 1090. The van der Waals surface area contributed by atoms with E-state index in [1.54, 1.807) is 27.8 Å². The van der Waals surface area contributed by atoms with Crippen molar-refractivity contribution in [2.24, 2.45) is 0 Å². The number of nitrogens with one attached hydrogen (secondary N) is 1. The first-order chi connectivity index (χ1) is 18.0. The Labute approximate surface area is 221 Å². The van der Waals surface area contributed by atoms with Crippen molar-refractivity contribution in [3.63, 3.8) is 0 Å². The number of likely N-dealkylation sites (tertiary alicyclic amines) is 1. The van der Waals surface area contributed by atoms with E-state index in [-0.39, 0.29) is 30.6 Å². The van der Waals surface area contributed by atoms with E-state index < -0.39 is 0 Å². The first-order valence-electron chi connectivity index (χ1n) is 12.9. The van der Waals surface area contributed by atoms with Gasteiger partial charge in [0, 0.05) is 51.1 Å². The highest BCUT2D eigenvalue weighted by Crippen LogP contribution is 2.26. The zero-order valence-electron chi connectivity index (χ0n) is 20.8. The summed E-state index contributed by atoms with van der Waals surface area (Å²) < 4.78 is 19.1. The lowest BCUT2D eigenvalue weighted by molar-refractivity contribution is -0.131. The van der Waals surface area contributed by atoms with Crippen molar-refractivity contribution in [1.82, 2.24) is 30.1 Å². The first kappa shape index (κ1) is 25.9. The third-order valence-electron chi connectivity index (χ3n) is 6.92. The number of ether oxygens (including phenoxy) is 3. The second-order valence-corrected chi connectivity index (χ2v) is 10.0. The van der Waals surface area contributed by atoms with Gasteiger partial charge in [-0.1, -0.05) is 16.8 Å². The minimum absolute atomic E-state index is 0.0672.